The lowest BCUT2D eigenvalue weighted by atomic mass is 10.1. The molecule has 0 aliphatic carbocycles. The second-order valence-electron chi connectivity index (χ2n) is 8.75. The van der Waals surface area contributed by atoms with E-state index in [0.717, 1.165) is 0 Å². The molecule has 0 bridgehead atoms. The minimum atomic E-state index is -3.64. The van der Waals surface area contributed by atoms with Crippen molar-refractivity contribution in [3.63, 3.8) is 0 Å². The molecule has 1 N–H and O–H groups in total. The van der Waals surface area contributed by atoms with Gasteiger partial charge in [-0.25, -0.2) is 8.42 Å². The van der Waals surface area contributed by atoms with Crippen LogP contribution in [0.25, 0.3) is 11.4 Å². The molecule has 1 saturated heterocycles. The molecule has 1 aromatic heterocycles. The zero-order valence-corrected chi connectivity index (χ0v) is 21.1. The number of sulfonamides is 1. The maximum Gasteiger partial charge on any atom is 0.243 e. The van der Waals surface area contributed by atoms with Gasteiger partial charge in [0.15, 0.2) is 11.0 Å². The Hall–Kier alpha value is -2.21. The van der Waals surface area contributed by atoms with Crippen molar-refractivity contribution in [1.29, 1.82) is 0 Å². The Morgan fingerprint density at radius 2 is 2.00 bits per heavy atom. The van der Waals surface area contributed by atoms with Gasteiger partial charge in [0.2, 0.25) is 15.9 Å². The van der Waals surface area contributed by atoms with Crippen molar-refractivity contribution >= 4 is 27.7 Å². The number of benzene rings is 1. The van der Waals surface area contributed by atoms with E-state index >= 15 is 0 Å². The second kappa shape index (κ2) is 10.4. The standard InChI is InChI=1S/C22H31N5O4S2/c1-6-10-27-19(24-25-21(27)32-16(2)20(28)23-22(3,4)5)17-8-7-9-18(15-17)33(29,30)26-11-13-31-14-12-26/h6-9,15-16H,1,10-14H2,2-5H3,(H,23,28). The van der Waals surface area contributed by atoms with Gasteiger partial charge in [0.05, 0.1) is 23.4 Å². The first-order chi connectivity index (χ1) is 15.5. The van der Waals surface area contributed by atoms with Crippen molar-refractivity contribution in [2.45, 2.75) is 55.1 Å². The first kappa shape index (κ1) is 25.4. The third-order valence-electron chi connectivity index (χ3n) is 4.88. The molecular formula is C22H31N5O4S2. The molecule has 1 atom stereocenters. The number of hydrogen-bond donors (Lipinski definition) is 1. The SMILES string of the molecule is C=CCn1c(SC(C)C(=O)NC(C)(C)C)nnc1-c1cccc(S(=O)(=O)N2CCOCC2)c1. The molecule has 1 amide bonds. The average Bonchev–Trinajstić information content (AvgIpc) is 3.15. The van der Waals surface area contributed by atoms with Crippen LogP contribution in [-0.2, 0) is 26.1 Å². The maximum atomic E-state index is 13.1. The number of carbonyl (C=O) groups excluding carboxylic acids is 1. The number of carbonyl (C=O) groups is 1. The largest absolute Gasteiger partial charge is 0.379 e. The van der Waals surface area contributed by atoms with Gasteiger partial charge in [-0.2, -0.15) is 4.31 Å². The molecule has 0 saturated carbocycles. The van der Waals surface area contributed by atoms with Crippen molar-refractivity contribution in [3.8, 4) is 11.4 Å². The number of hydrogen-bond acceptors (Lipinski definition) is 7. The summed E-state index contributed by atoms with van der Waals surface area (Å²) in [6.07, 6.45) is 1.71. The van der Waals surface area contributed by atoms with E-state index < -0.39 is 15.3 Å². The summed E-state index contributed by atoms with van der Waals surface area (Å²) in [4.78, 5) is 12.7. The highest BCUT2D eigenvalue weighted by Gasteiger charge is 2.28. The van der Waals surface area contributed by atoms with Gasteiger partial charge in [0.25, 0.3) is 0 Å². The minimum Gasteiger partial charge on any atom is -0.379 e. The van der Waals surface area contributed by atoms with Crippen LogP contribution in [0.2, 0.25) is 0 Å². The van der Waals surface area contributed by atoms with Crippen molar-refractivity contribution in [2.75, 3.05) is 26.3 Å². The lowest BCUT2D eigenvalue weighted by Gasteiger charge is -2.26. The highest BCUT2D eigenvalue weighted by Crippen LogP contribution is 2.29. The van der Waals surface area contributed by atoms with Crippen molar-refractivity contribution in [3.05, 3.63) is 36.9 Å². The summed E-state index contributed by atoms with van der Waals surface area (Å²) in [5, 5.41) is 11.7. The summed E-state index contributed by atoms with van der Waals surface area (Å²) in [6.45, 7) is 13.3. The van der Waals surface area contributed by atoms with E-state index in [0.29, 0.717) is 49.4 Å². The van der Waals surface area contributed by atoms with Crippen molar-refractivity contribution in [2.24, 2.45) is 0 Å². The summed E-state index contributed by atoms with van der Waals surface area (Å²) in [7, 11) is -3.64. The van der Waals surface area contributed by atoms with Crippen LogP contribution in [0.5, 0.6) is 0 Å². The first-order valence-electron chi connectivity index (χ1n) is 10.7. The van der Waals surface area contributed by atoms with Crippen LogP contribution in [0.3, 0.4) is 0 Å². The molecule has 2 aromatic rings. The molecule has 2 heterocycles. The van der Waals surface area contributed by atoms with Crippen LogP contribution in [0.1, 0.15) is 27.7 Å². The zero-order valence-electron chi connectivity index (χ0n) is 19.4. The smallest absolute Gasteiger partial charge is 0.243 e. The first-order valence-corrected chi connectivity index (χ1v) is 13.1. The zero-order chi connectivity index (χ0) is 24.2. The number of allylic oxidation sites excluding steroid dienone is 1. The molecule has 180 valence electrons. The van der Waals surface area contributed by atoms with E-state index in [1.165, 1.54) is 16.1 Å². The lowest BCUT2D eigenvalue weighted by molar-refractivity contribution is -0.121. The number of nitrogens with zero attached hydrogens (tertiary/aromatic N) is 4. The Morgan fingerprint density at radius 1 is 1.30 bits per heavy atom. The van der Waals surface area contributed by atoms with E-state index in [9.17, 15) is 13.2 Å². The fourth-order valence-corrected chi connectivity index (χ4v) is 5.61. The van der Waals surface area contributed by atoms with E-state index in [4.69, 9.17) is 4.74 Å². The van der Waals surface area contributed by atoms with Crippen molar-refractivity contribution < 1.29 is 17.9 Å². The average molecular weight is 494 g/mol. The lowest BCUT2D eigenvalue weighted by Crippen LogP contribution is -2.44. The van der Waals surface area contributed by atoms with E-state index in [1.807, 2.05) is 32.3 Å². The van der Waals surface area contributed by atoms with Crippen LogP contribution in [0, 0.1) is 0 Å². The van der Waals surface area contributed by atoms with Gasteiger partial charge in [-0.05, 0) is 39.8 Å². The summed E-state index contributed by atoms with van der Waals surface area (Å²) in [5.41, 5.74) is 0.287. The van der Waals surface area contributed by atoms with Crippen LogP contribution < -0.4 is 5.32 Å². The topological polar surface area (TPSA) is 106 Å². The van der Waals surface area contributed by atoms with Gasteiger partial charge in [0, 0.05) is 30.7 Å². The highest BCUT2D eigenvalue weighted by atomic mass is 32.2. The third-order valence-corrected chi connectivity index (χ3v) is 7.85. The van der Waals surface area contributed by atoms with Gasteiger partial charge in [-0.3, -0.25) is 9.36 Å². The number of rotatable bonds is 8. The van der Waals surface area contributed by atoms with Crippen LogP contribution in [-0.4, -0.2) is 70.5 Å². The molecule has 3 rings (SSSR count). The Kier molecular flexibility index (Phi) is 7.99. The number of ether oxygens (including phenoxy) is 1. The molecule has 11 heteroatoms. The van der Waals surface area contributed by atoms with E-state index in [-0.39, 0.29) is 16.3 Å². The molecule has 1 aliphatic heterocycles. The predicted molar refractivity (Wildman–Crippen MR) is 128 cm³/mol. The molecule has 0 spiro atoms. The number of nitrogens with one attached hydrogen (secondary N) is 1. The Labute approximate surface area is 199 Å². The Morgan fingerprint density at radius 3 is 2.64 bits per heavy atom. The van der Waals surface area contributed by atoms with E-state index in [1.54, 1.807) is 30.3 Å². The van der Waals surface area contributed by atoms with Gasteiger partial charge < -0.3 is 10.1 Å². The molecule has 9 nitrogen and oxygen atoms in total. The third kappa shape index (κ3) is 6.23. The van der Waals surface area contributed by atoms with Gasteiger partial charge in [-0.1, -0.05) is 30.0 Å². The van der Waals surface area contributed by atoms with Crippen LogP contribution >= 0.6 is 11.8 Å². The number of morpholine rings is 1. The van der Waals surface area contributed by atoms with E-state index in [2.05, 4.69) is 22.1 Å². The Balaban J connectivity index is 1.89. The number of amides is 1. The fraction of sp³-hybridized carbons (Fsp3) is 0.500. The molecule has 0 radical (unpaired) electrons. The summed E-state index contributed by atoms with van der Waals surface area (Å²) >= 11 is 1.30. The molecule has 1 aromatic carbocycles. The quantitative estimate of drug-likeness (QED) is 0.445. The normalized spacial score (nSPS) is 16.4. The molecule has 1 unspecified atom stereocenters. The van der Waals surface area contributed by atoms with Crippen molar-refractivity contribution in [1.82, 2.24) is 24.4 Å². The molecule has 1 aliphatic rings. The fourth-order valence-electron chi connectivity index (χ4n) is 3.30. The molecule has 1 fully saturated rings. The summed E-state index contributed by atoms with van der Waals surface area (Å²) in [6, 6.07) is 6.68. The maximum absolute atomic E-state index is 13.1. The van der Waals surface area contributed by atoms with Crippen LogP contribution in [0.4, 0.5) is 0 Å². The highest BCUT2D eigenvalue weighted by molar-refractivity contribution is 8.00. The Bertz CT molecular complexity index is 1100. The molecular weight excluding hydrogens is 462 g/mol. The summed E-state index contributed by atoms with van der Waals surface area (Å²) in [5.74, 6) is 0.417. The van der Waals surface area contributed by atoms with Gasteiger partial charge in [-0.15, -0.1) is 16.8 Å². The van der Waals surface area contributed by atoms with Gasteiger partial charge >= 0.3 is 0 Å². The second-order valence-corrected chi connectivity index (χ2v) is 12.0. The minimum absolute atomic E-state index is 0.0965. The predicted octanol–water partition coefficient (Wildman–Crippen LogP) is 2.55. The number of aromatic nitrogens is 3. The van der Waals surface area contributed by atoms with Crippen LogP contribution in [0.15, 0.2) is 47.0 Å². The summed E-state index contributed by atoms with van der Waals surface area (Å²) < 4.78 is 34.7. The number of thioether (sulfide) groups is 1. The molecule has 33 heavy (non-hydrogen) atoms. The monoisotopic (exact) mass is 493 g/mol. The van der Waals surface area contributed by atoms with Gasteiger partial charge in [0.1, 0.15) is 0 Å².